The number of alkyl halides is 1. The highest BCUT2D eigenvalue weighted by Crippen LogP contribution is 1.81. The minimum absolute atomic E-state index is 0.253. The van der Waals surface area contributed by atoms with E-state index >= 15 is 0 Å². The smallest absolute Gasteiger partial charge is 0.427 e. The molecule has 1 amide bonds. The van der Waals surface area contributed by atoms with Crippen LogP contribution in [-0.2, 0) is 14.3 Å². The molecule has 0 radical (unpaired) electrons. The van der Waals surface area contributed by atoms with Gasteiger partial charge in [0.1, 0.15) is 12.8 Å². The van der Waals surface area contributed by atoms with Crippen LogP contribution in [0.25, 0.3) is 0 Å². The molecule has 6 nitrogen and oxygen atoms in total. The Morgan fingerprint density at radius 2 is 2.31 bits per heavy atom. The number of halogens is 1. The number of esters is 1. The van der Waals surface area contributed by atoms with Gasteiger partial charge >= 0.3 is 12.1 Å². The van der Waals surface area contributed by atoms with Gasteiger partial charge in [0, 0.05) is 5.33 Å². The second kappa shape index (κ2) is 7.53. The second-order valence-electron chi connectivity index (χ2n) is 1.72. The van der Waals surface area contributed by atoms with Crippen LogP contribution in [0.15, 0.2) is 5.10 Å². The fourth-order valence-corrected chi connectivity index (χ4v) is 0.522. The van der Waals surface area contributed by atoms with Crippen LogP contribution >= 0.6 is 15.9 Å². The van der Waals surface area contributed by atoms with Gasteiger partial charge in [0.25, 0.3) is 0 Å². The zero-order chi connectivity index (χ0) is 10.1. The summed E-state index contributed by atoms with van der Waals surface area (Å²) in [6, 6.07) is 0. The Bertz CT molecular complexity index is 207. The maximum absolute atomic E-state index is 10.7. The standard InChI is InChI=1S/C6H9BrN2O4/c1-12-6(11)9-8-4-5(10)13-3-2-7/h4H,2-3H2,1H3,(H,9,11)/b8-4+. The van der Waals surface area contributed by atoms with Crippen LogP contribution in [0, 0.1) is 0 Å². The van der Waals surface area contributed by atoms with Crippen molar-refractivity contribution in [2.45, 2.75) is 0 Å². The minimum atomic E-state index is -0.746. The van der Waals surface area contributed by atoms with E-state index in [0.717, 1.165) is 6.21 Å². The zero-order valence-electron chi connectivity index (χ0n) is 6.95. The number of nitrogens with zero attached hydrogens (tertiary/aromatic N) is 1. The number of carbonyl (C=O) groups excluding carboxylic acids is 2. The van der Waals surface area contributed by atoms with Crippen LogP contribution in [-0.4, -0.2) is 37.3 Å². The Morgan fingerprint density at radius 1 is 1.62 bits per heavy atom. The predicted octanol–water partition coefficient (Wildman–Crippen LogP) is 0.266. The molecule has 0 aliphatic carbocycles. The lowest BCUT2D eigenvalue weighted by Gasteiger charge is -1.97. The van der Waals surface area contributed by atoms with E-state index < -0.39 is 12.1 Å². The number of ether oxygens (including phenoxy) is 2. The van der Waals surface area contributed by atoms with Gasteiger partial charge in [-0.2, -0.15) is 5.10 Å². The molecule has 74 valence electrons. The number of methoxy groups -OCH3 is 1. The van der Waals surface area contributed by atoms with Gasteiger partial charge in [-0.1, -0.05) is 15.9 Å². The summed E-state index contributed by atoms with van der Waals surface area (Å²) >= 11 is 3.07. The van der Waals surface area contributed by atoms with Gasteiger partial charge in [-0.3, -0.25) is 0 Å². The van der Waals surface area contributed by atoms with Crippen LogP contribution in [0.3, 0.4) is 0 Å². The molecular weight excluding hydrogens is 244 g/mol. The van der Waals surface area contributed by atoms with Gasteiger partial charge in [-0.15, -0.1) is 0 Å². The molecule has 0 rings (SSSR count). The first kappa shape index (κ1) is 11.9. The van der Waals surface area contributed by atoms with Crippen molar-refractivity contribution in [3.8, 4) is 0 Å². The first-order valence-corrected chi connectivity index (χ1v) is 4.42. The number of amides is 1. The maximum Gasteiger partial charge on any atom is 0.427 e. The van der Waals surface area contributed by atoms with E-state index in [0.29, 0.717) is 5.33 Å². The van der Waals surface area contributed by atoms with Crippen molar-refractivity contribution >= 4 is 34.2 Å². The number of hydrogen-bond donors (Lipinski definition) is 1. The molecule has 0 saturated heterocycles. The van der Waals surface area contributed by atoms with Gasteiger partial charge in [0.15, 0.2) is 0 Å². The average Bonchev–Trinajstić information content (AvgIpc) is 2.14. The fraction of sp³-hybridized carbons (Fsp3) is 0.500. The van der Waals surface area contributed by atoms with Crippen molar-refractivity contribution in [1.29, 1.82) is 0 Å². The lowest BCUT2D eigenvalue weighted by atomic mass is 10.7. The number of hydrogen-bond acceptors (Lipinski definition) is 5. The molecule has 0 aromatic rings. The normalized spacial score (nSPS) is 9.69. The highest BCUT2D eigenvalue weighted by Gasteiger charge is 1.97. The van der Waals surface area contributed by atoms with Crippen LogP contribution < -0.4 is 5.43 Å². The van der Waals surface area contributed by atoms with Crippen molar-refractivity contribution in [2.24, 2.45) is 5.10 Å². The molecule has 0 bridgehead atoms. The summed E-state index contributed by atoms with van der Waals surface area (Å²) in [5.41, 5.74) is 1.94. The first-order valence-electron chi connectivity index (χ1n) is 3.30. The van der Waals surface area contributed by atoms with Crippen LogP contribution in [0.2, 0.25) is 0 Å². The number of hydrazone groups is 1. The van der Waals surface area contributed by atoms with Crippen LogP contribution in [0.1, 0.15) is 0 Å². The lowest BCUT2D eigenvalue weighted by molar-refractivity contribution is -0.134. The minimum Gasteiger partial charge on any atom is -0.460 e. The molecule has 0 aromatic carbocycles. The Kier molecular flexibility index (Phi) is 6.89. The predicted molar refractivity (Wildman–Crippen MR) is 48.8 cm³/mol. The molecular formula is C6H9BrN2O4. The largest absolute Gasteiger partial charge is 0.460 e. The summed E-state index contributed by atoms with van der Waals surface area (Å²) < 4.78 is 8.77. The molecule has 13 heavy (non-hydrogen) atoms. The molecule has 0 atom stereocenters. The summed E-state index contributed by atoms with van der Waals surface area (Å²) in [5, 5.41) is 3.81. The topological polar surface area (TPSA) is 77.0 Å². The summed E-state index contributed by atoms with van der Waals surface area (Å²) in [4.78, 5) is 21.1. The summed E-state index contributed by atoms with van der Waals surface area (Å²) in [6.45, 7) is 0.253. The first-order chi connectivity index (χ1) is 6.20. The number of carbonyl (C=O) groups is 2. The fourth-order valence-electron chi connectivity index (χ4n) is 0.360. The highest BCUT2D eigenvalue weighted by atomic mass is 79.9. The Hall–Kier alpha value is -1.11. The quantitative estimate of drug-likeness (QED) is 0.337. The third-order valence-electron chi connectivity index (χ3n) is 0.833. The van der Waals surface area contributed by atoms with Gasteiger partial charge in [0.2, 0.25) is 0 Å². The lowest BCUT2D eigenvalue weighted by Crippen LogP contribution is -2.18. The van der Waals surface area contributed by atoms with Crippen molar-refractivity contribution in [1.82, 2.24) is 5.43 Å². The van der Waals surface area contributed by atoms with Crippen LogP contribution in [0.4, 0.5) is 4.79 Å². The van der Waals surface area contributed by atoms with E-state index in [1.54, 1.807) is 0 Å². The van der Waals surface area contributed by atoms with Gasteiger partial charge in [-0.25, -0.2) is 15.0 Å². The molecule has 0 spiro atoms. The molecule has 0 aliphatic heterocycles. The number of rotatable bonds is 4. The Labute approximate surface area is 83.4 Å². The maximum atomic E-state index is 10.7. The molecule has 0 heterocycles. The molecule has 1 N–H and O–H groups in total. The van der Waals surface area contributed by atoms with E-state index in [9.17, 15) is 9.59 Å². The molecule has 0 fully saturated rings. The van der Waals surface area contributed by atoms with E-state index in [1.165, 1.54) is 7.11 Å². The molecule has 0 aromatic heterocycles. The third-order valence-corrected chi connectivity index (χ3v) is 1.16. The average molecular weight is 253 g/mol. The number of nitrogens with one attached hydrogen (secondary N) is 1. The van der Waals surface area contributed by atoms with Crippen molar-refractivity contribution in [2.75, 3.05) is 19.0 Å². The second-order valence-corrected chi connectivity index (χ2v) is 2.51. The monoisotopic (exact) mass is 252 g/mol. The van der Waals surface area contributed by atoms with Gasteiger partial charge < -0.3 is 9.47 Å². The molecule has 7 heteroatoms. The SMILES string of the molecule is COC(=O)N/N=C/C(=O)OCCBr. The van der Waals surface area contributed by atoms with Gasteiger partial charge in [-0.05, 0) is 0 Å². The zero-order valence-corrected chi connectivity index (χ0v) is 8.54. The van der Waals surface area contributed by atoms with Crippen molar-refractivity contribution in [3.63, 3.8) is 0 Å². The molecule has 0 unspecified atom stereocenters. The van der Waals surface area contributed by atoms with E-state index in [-0.39, 0.29) is 6.61 Å². The molecule has 0 saturated carbocycles. The highest BCUT2D eigenvalue weighted by molar-refractivity contribution is 9.09. The summed E-state index contributed by atoms with van der Waals surface area (Å²) in [5.74, 6) is -0.629. The molecule has 0 aliphatic rings. The Morgan fingerprint density at radius 3 is 2.85 bits per heavy atom. The van der Waals surface area contributed by atoms with Gasteiger partial charge in [0.05, 0.1) is 7.11 Å². The van der Waals surface area contributed by atoms with Crippen molar-refractivity contribution < 1.29 is 19.1 Å². The summed E-state index contributed by atoms with van der Waals surface area (Å²) in [7, 11) is 1.19. The van der Waals surface area contributed by atoms with E-state index in [2.05, 4.69) is 30.5 Å². The van der Waals surface area contributed by atoms with Crippen LogP contribution in [0.5, 0.6) is 0 Å². The van der Waals surface area contributed by atoms with Crippen molar-refractivity contribution in [3.05, 3.63) is 0 Å². The third kappa shape index (κ3) is 7.26. The summed E-state index contributed by atoms with van der Waals surface area (Å²) in [6.07, 6.45) is 0.101. The Balaban J connectivity index is 3.59. The van der Waals surface area contributed by atoms with E-state index in [4.69, 9.17) is 0 Å². The van der Waals surface area contributed by atoms with E-state index in [1.807, 2.05) is 5.43 Å².